The molecular weight excluding hydrogens is 126 g/mol. The van der Waals surface area contributed by atoms with Gasteiger partial charge < -0.3 is 10.4 Å². The lowest BCUT2D eigenvalue weighted by Crippen LogP contribution is -2.23. The maximum atomic E-state index is 8.65. The van der Waals surface area contributed by atoms with E-state index < -0.39 is 0 Å². The van der Waals surface area contributed by atoms with Crippen molar-refractivity contribution in [3.8, 4) is 0 Å². The molecule has 1 aliphatic rings. The largest absolute Gasteiger partial charge is 0.396 e. The van der Waals surface area contributed by atoms with Crippen molar-refractivity contribution in [3.63, 3.8) is 0 Å². The third kappa shape index (κ3) is 1.39. The van der Waals surface area contributed by atoms with Crippen LogP contribution >= 0.6 is 0 Å². The van der Waals surface area contributed by atoms with E-state index >= 15 is 0 Å². The Labute approximate surface area is 61.9 Å². The van der Waals surface area contributed by atoms with Crippen LogP contribution in [0.15, 0.2) is 12.2 Å². The van der Waals surface area contributed by atoms with E-state index in [-0.39, 0.29) is 6.61 Å². The first-order valence-electron chi connectivity index (χ1n) is 3.78. The lowest BCUT2D eigenvalue weighted by molar-refractivity contribution is 0.277. The molecule has 2 N–H and O–H groups in total. The summed E-state index contributed by atoms with van der Waals surface area (Å²) in [6, 6.07) is 0.361. The van der Waals surface area contributed by atoms with Crippen molar-refractivity contribution in [2.24, 2.45) is 5.92 Å². The predicted octanol–water partition coefficient (Wildman–Crippen LogP) is 0.533. The SMILES string of the molecule is C=C1[C@H](C)CN[C@H]1CCO. The second-order valence-electron chi connectivity index (χ2n) is 2.95. The lowest BCUT2D eigenvalue weighted by Gasteiger charge is -2.09. The summed E-state index contributed by atoms with van der Waals surface area (Å²) < 4.78 is 0. The summed E-state index contributed by atoms with van der Waals surface area (Å²) >= 11 is 0. The van der Waals surface area contributed by atoms with Gasteiger partial charge in [0.1, 0.15) is 0 Å². The molecule has 0 aromatic rings. The summed E-state index contributed by atoms with van der Waals surface area (Å²) in [5.41, 5.74) is 1.24. The Kier molecular flexibility index (Phi) is 2.46. The molecule has 0 spiro atoms. The lowest BCUT2D eigenvalue weighted by atomic mass is 10.0. The molecule has 10 heavy (non-hydrogen) atoms. The molecule has 2 heteroatoms. The van der Waals surface area contributed by atoms with Crippen LogP contribution in [0.25, 0.3) is 0 Å². The van der Waals surface area contributed by atoms with Crippen LogP contribution in [0.4, 0.5) is 0 Å². The van der Waals surface area contributed by atoms with Gasteiger partial charge >= 0.3 is 0 Å². The van der Waals surface area contributed by atoms with Gasteiger partial charge in [-0.2, -0.15) is 0 Å². The number of aliphatic hydroxyl groups excluding tert-OH is 1. The number of aliphatic hydroxyl groups is 1. The average Bonchev–Trinajstić information content (AvgIpc) is 2.20. The van der Waals surface area contributed by atoms with Gasteiger partial charge in [0.25, 0.3) is 0 Å². The van der Waals surface area contributed by atoms with Crippen molar-refractivity contribution in [3.05, 3.63) is 12.2 Å². The highest BCUT2D eigenvalue weighted by molar-refractivity contribution is 5.14. The highest BCUT2D eigenvalue weighted by atomic mass is 16.3. The predicted molar refractivity (Wildman–Crippen MR) is 41.8 cm³/mol. The molecule has 0 aliphatic carbocycles. The van der Waals surface area contributed by atoms with Crippen molar-refractivity contribution in [1.29, 1.82) is 0 Å². The zero-order valence-corrected chi connectivity index (χ0v) is 6.43. The Morgan fingerprint density at radius 1 is 1.80 bits per heavy atom. The average molecular weight is 141 g/mol. The van der Waals surface area contributed by atoms with Crippen molar-refractivity contribution in [1.82, 2.24) is 5.32 Å². The van der Waals surface area contributed by atoms with Gasteiger partial charge in [-0.25, -0.2) is 0 Å². The Morgan fingerprint density at radius 2 is 2.50 bits per heavy atom. The second kappa shape index (κ2) is 3.17. The molecule has 0 amide bonds. The van der Waals surface area contributed by atoms with Crippen molar-refractivity contribution < 1.29 is 5.11 Å². The fraction of sp³-hybridized carbons (Fsp3) is 0.750. The third-order valence-corrected chi connectivity index (χ3v) is 2.17. The van der Waals surface area contributed by atoms with Gasteiger partial charge in [-0.05, 0) is 12.3 Å². The van der Waals surface area contributed by atoms with E-state index in [1.165, 1.54) is 5.57 Å². The zero-order chi connectivity index (χ0) is 7.56. The molecule has 1 fully saturated rings. The van der Waals surface area contributed by atoms with Crippen LogP contribution in [0.3, 0.4) is 0 Å². The minimum absolute atomic E-state index is 0.253. The number of hydrogen-bond acceptors (Lipinski definition) is 2. The van der Waals surface area contributed by atoms with E-state index in [0.717, 1.165) is 13.0 Å². The molecule has 0 unspecified atom stereocenters. The van der Waals surface area contributed by atoms with E-state index in [4.69, 9.17) is 5.11 Å². The van der Waals surface area contributed by atoms with Crippen molar-refractivity contribution >= 4 is 0 Å². The molecule has 0 saturated carbocycles. The van der Waals surface area contributed by atoms with E-state index in [0.29, 0.717) is 12.0 Å². The topological polar surface area (TPSA) is 32.3 Å². The summed E-state index contributed by atoms with van der Waals surface area (Å²) in [5, 5.41) is 11.9. The van der Waals surface area contributed by atoms with Gasteiger partial charge in [-0.15, -0.1) is 0 Å². The molecule has 2 atom stereocenters. The van der Waals surface area contributed by atoms with Crippen LogP contribution < -0.4 is 5.32 Å². The minimum atomic E-state index is 0.253. The standard InChI is InChI=1S/C8H15NO/c1-6-5-9-8(3-4-10)7(6)2/h6,8-10H,2-5H2,1H3/t6-,8+/m1/s1. The van der Waals surface area contributed by atoms with Crippen molar-refractivity contribution in [2.75, 3.05) is 13.2 Å². The summed E-state index contributed by atoms with van der Waals surface area (Å²) in [6.07, 6.45) is 0.809. The molecule has 2 nitrogen and oxygen atoms in total. The van der Waals surface area contributed by atoms with Crippen molar-refractivity contribution in [2.45, 2.75) is 19.4 Å². The molecule has 1 rings (SSSR count). The summed E-state index contributed by atoms with van der Waals surface area (Å²) in [4.78, 5) is 0. The highest BCUT2D eigenvalue weighted by Crippen LogP contribution is 2.20. The van der Waals surface area contributed by atoms with E-state index in [9.17, 15) is 0 Å². The van der Waals surface area contributed by atoms with E-state index in [1.807, 2.05) is 0 Å². The number of hydrogen-bond donors (Lipinski definition) is 2. The maximum absolute atomic E-state index is 8.65. The Hall–Kier alpha value is -0.340. The van der Waals surface area contributed by atoms with Gasteiger partial charge in [0.2, 0.25) is 0 Å². The molecular formula is C8H15NO. The zero-order valence-electron chi connectivity index (χ0n) is 6.43. The highest BCUT2D eigenvalue weighted by Gasteiger charge is 2.23. The molecule has 1 saturated heterocycles. The second-order valence-corrected chi connectivity index (χ2v) is 2.95. The van der Waals surface area contributed by atoms with Crippen LogP contribution in [0.2, 0.25) is 0 Å². The molecule has 0 bridgehead atoms. The number of rotatable bonds is 2. The van der Waals surface area contributed by atoms with Crippen LogP contribution in [0.1, 0.15) is 13.3 Å². The van der Waals surface area contributed by atoms with Gasteiger partial charge in [-0.3, -0.25) is 0 Å². The minimum Gasteiger partial charge on any atom is -0.396 e. The van der Waals surface area contributed by atoms with Crippen LogP contribution in [0.5, 0.6) is 0 Å². The first-order chi connectivity index (χ1) is 4.75. The van der Waals surface area contributed by atoms with Gasteiger partial charge in [0, 0.05) is 19.2 Å². The maximum Gasteiger partial charge on any atom is 0.0449 e. The smallest absolute Gasteiger partial charge is 0.0449 e. The van der Waals surface area contributed by atoms with Crippen LogP contribution in [-0.4, -0.2) is 24.3 Å². The first-order valence-corrected chi connectivity index (χ1v) is 3.78. The number of nitrogens with one attached hydrogen (secondary N) is 1. The normalized spacial score (nSPS) is 33.2. The van der Waals surface area contributed by atoms with E-state index in [1.54, 1.807) is 0 Å². The van der Waals surface area contributed by atoms with Gasteiger partial charge in [-0.1, -0.05) is 19.1 Å². The van der Waals surface area contributed by atoms with Crippen LogP contribution in [0, 0.1) is 5.92 Å². The quantitative estimate of drug-likeness (QED) is 0.550. The Morgan fingerprint density at radius 3 is 2.90 bits per heavy atom. The molecule has 0 aromatic heterocycles. The monoisotopic (exact) mass is 141 g/mol. The third-order valence-electron chi connectivity index (χ3n) is 2.17. The van der Waals surface area contributed by atoms with E-state index in [2.05, 4.69) is 18.8 Å². The fourth-order valence-electron chi connectivity index (χ4n) is 1.34. The molecule has 1 aliphatic heterocycles. The molecule has 0 radical (unpaired) electrons. The first kappa shape index (κ1) is 7.76. The summed E-state index contributed by atoms with van der Waals surface area (Å²) in [6.45, 7) is 7.39. The Bertz CT molecular complexity index is 131. The molecule has 0 aromatic carbocycles. The van der Waals surface area contributed by atoms with Gasteiger partial charge in [0.05, 0.1) is 0 Å². The molecule has 58 valence electrons. The fourth-order valence-corrected chi connectivity index (χ4v) is 1.34. The molecule has 1 heterocycles. The van der Waals surface area contributed by atoms with Gasteiger partial charge in [0.15, 0.2) is 0 Å². The summed E-state index contributed by atoms with van der Waals surface area (Å²) in [7, 11) is 0. The Balaban J connectivity index is 2.41. The summed E-state index contributed by atoms with van der Waals surface area (Å²) in [5.74, 6) is 0.580. The van der Waals surface area contributed by atoms with Crippen LogP contribution in [-0.2, 0) is 0 Å².